The zero-order chi connectivity index (χ0) is 9.98. The lowest BCUT2D eigenvalue weighted by atomic mass is 10.3. The second kappa shape index (κ2) is 10.0. The van der Waals surface area contributed by atoms with Crippen molar-refractivity contribution in [1.29, 1.82) is 0 Å². The van der Waals surface area contributed by atoms with Crippen LogP contribution in [0, 0.1) is 0 Å². The Kier molecular flexibility index (Phi) is 11.4. The predicted octanol–water partition coefficient (Wildman–Crippen LogP) is 3.27. The lowest BCUT2D eigenvalue weighted by Crippen LogP contribution is -2.01. The van der Waals surface area contributed by atoms with Crippen LogP contribution in [0.3, 0.4) is 0 Å². The molecule has 0 aliphatic heterocycles. The minimum absolute atomic E-state index is 1.04. The van der Waals surface area contributed by atoms with Gasteiger partial charge in [-0.15, -0.1) is 0 Å². The van der Waals surface area contributed by atoms with Gasteiger partial charge in [-0.1, -0.05) is 32.1 Å². The van der Waals surface area contributed by atoms with Crippen LogP contribution in [0.1, 0.15) is 27.7 Å². The normalized spacial score (nSPS) is 9.25. The molecule has 1 N–H and O–H groups in total. The van der Waals surface area contributed by atoms with Crippen molar-refractivity contribution in [3.63, 3.8) is 0 Å². The fraction of sp³-hybridized carbons (Fsp3) is 0.455. The summed E-state index contributed by atoms with van der Waals surface area (Å²) in [7, 11) is 1.88. The maximum Gasteiger partial charge on any atom is 0.0331 e. The summed E-state index contributed by atoms with van der Waals surface area (Å²) in [6, 6.07) is 0. The van der Waals surface area contributed by atoms with E-state index in [1.165, 1.54) is 5.57 Å². The van der Waals surface area contributed by atoms with Crippen molar-refractivity contribution >= 4 is 0 Å². The van der Waals surface area contributed by atoms with E-state index in [-0.39, 0.29) is 0 Å². The van der Waals surface area contributed by atoms with E-state index in [9.17, 15) is 0 Å². The molecular weight excluding hydrogens is 146 g/mol. The molecule has 0 amide bonds. The summed E-state index contributed by atoms with van der Waals surface area (Å²) >= 11 is 0. The van der Waals surface area contributed by atoms with Crippen LogP contribution in [0.4, 0.5) is 0 Å². The molecule has 0 spiro atoms. The zero-order valence-corrected chi connectivity index (χ0v) is 8.94. The second-order valence-corrected chi connectivity index (χ2v) is 2.32. The third kappa shape index (κ3) is 9.02. The third-order valence-corrected chi connectivity index (χ3v) is 1.10. The highest BCUT2D eigenvalue weighted by Gasteiger charge is 1.79. The minimum atomic E-state index is 1.04. The molecule has 1 nitrogen and oxygen atoms in total. The molecule has 70 valence electrons. The van der Waals surface area contributed by atoms with Gasteiger partial charge in [0.05, 0.1) is 0 Å². The minimum Gasteiger partial charge on any atom is -0.388 e. The highest BCUT2D eigenvalue weighted by Crippen LogP contribution is 1.93. The quantitative estimate of drug-likeness (QED) is 0.636. The Morgan fingerprint density at radius 3 is 1.92 bits per heavy atom. The van der Waals surface area contributed by atoms with Gasteiger partial charge in [-0.2, -0.15) is 0 Å². The molecule has 0 aliphatic rings. The number of rotatable bonds is 3. The van der Waals surface area contributed by atoms with Crippen molar-refractivity contribution in [2.75, 3.05) is 7.05 Å². The van der Waals surface area contributed by atoms with E-state index in [2.05, 4.69) is 25.7 Å². The highest BCUT2D eigenvalue weighted by molar-refractivity contribution is 5.21. The number of hydrogen-bond acceptors (Lipinski definition) is 1. The van der Waals surface area contributed by atoms with Crippen LogP contribution in [0.15, 0.2) is 36.1 Å². The van der Waals surface area contributed by atoms with Gasteiger partial charge in [0.15, 0.2) is 0 Å². The van der Waals surface area contributed by atoms with E-state index in [0.717, 1.165) is 5.70 Å². The molecule has 0 rings (SSSR count). The van der Waals surface area contributed by atoms with E-state index in [0.29, 0.717) is 0 Å². The van der Waals surface area contributed by atoms with Crippen LogP contribution >= 0.6 is 0 Å². The standard InChI is InChI=1S/C9H15N.C2H6/c1-5-9(10-4)7-6-8(2)3;1-2/h5-7,10H,1H2,2-4H3;1-2H3/b9-7+;. The van der Waals surface area contributed by atoms with E-state index in [4.69, 9.17) is 0 Å². The van der Waals surface area contributed by atoms with Crippen LogP contribution in [0.25, 0.3) is 0 Å². The first-order valence-corrected chi connectivity index (χ1v) is 4.36. The SMILES string of the molecule is C=C/C(=C\C=C(C)C)NC.CC. The molecule has 0 fully saturated rings. The Morgan fingerprint density at radius 1 is 1.17 bits per heavy atom. The zero-order valence-electron chi connectivity index (χ0n) is 8.94. The fourth-order valence-electron chi connectivity index (χ4n) is 0.510. The van der Waals surface area contributed by atoms with E-state index >= 15 is 0 Å². The molecule has 0 saturated carbocycles. The van der Waals surface area contributed by atoms with Crippen LogP contribution in [-0.4, -0.2) is 7.05 Å². The molecular formula is C11H21N. The van der Waals surface area contributed by atoms with Crippen LogP contribution in [0.5, 0.6) is 0 Å². The molecule has 0 aromatic carbocycles. The topological polar surface area (TPSA) is 12.0 Å². The summed E-state index contributed by atoms with van der Waals surface area (Å²) in [5, 5.41) is 3.01. The van der Waals surface area contributed by atoms with Crippen molar-refractivity contribution in [2.45, 2.75) is 27.7 Å². The van der Waals surface area contributed by atoms with Gasteiger partial charge in [0, 0.05) is 12.7 Å². The molecule has 12 heavy (non-hydrogen) atoms. The summed E-state index contributed by atoms with van der Waals surface area (Å²) < 4.78 is 0. The summed E-state index contributed by atoms with van der Waals surface area (Å²) in [5.74, 6) is 0. The molecule has 1 heteroatoms. The first kappa shape index (κ1) is 13.6. The molecule has 0 atom stereocenters. The Hall–Kier alpha value is -0.980. The molecule has 0 heterocycles. The Labute approximate surface area is 76.9 Å². The summed E-state index contributed by atoms with van der Waals surface area (Å²) in [4.78, 5) is 0. The van der Waals surface area contributed by atoms with Gasteiger partial charge in [0.1, 0.15) is 0 Å². The number of likely N-dealkylation sites (N-methyl/N-ethyl adjacent to an activating group) is 1. The second-order valence-electron chi connectivity index (χ2n) is 2.32. The van der Waals surface area contributed by atoms with E-state index < -0.39 is 0 Å². The van der Waals surface area contributed by atoms with E-state index in [1.54, 1.807) is 6.08 Å². The highest BCUT2D eigenvalue weighted by atomic mass is 14.8. The Balaban J connectivity index is 0. The maximum atomic E-state index is 3.65. The van der Waals surface area contributed by atoms with Crippen LogP contribution in [0.2, 0.25) is 0 Å². The van der Waals surface area contributed by atoms with Crippen molar-refractivity contribution in [2.24, 2.45) is 0 Å². The molecule has 0 radical (unpaired) electrons. The van der Waals surface area contributed by atoms with Gasteiger partial charge in [-0.05, 0) is 26.0 Å². The van der Waals surface area contributed by atoms with Gasteiger partial charge in [-0.3, -0.25) is 0 Å². The fourth-order valence-corrected chi connectivity index (χ4v) is 0.510. The van der Waals surface area contributed by atoms with Crippen LogP contribution in [-0.2, 0) is 0 Å². The van der Waals surface area contributed by atoms with Crippen molar-refractivity contribution in [1.82, 2.24) is 5.32 Å². The van der Waals surface area contributed by atoms with Gasteiger partial charge >= 0.3 is 0 Å². The molecule has 0 aromatic rings. The molecule has 0 bridgehead atoms. The molecule has 0 saturated heterocycles. The Bertz CT molecular complexity index is 160. The third-order valence-electron chi connectivity index (χ3n) is 1.10. The predicted molar refractivity (Wildman–Crippen MR) is 58.1 cm³/mol. The molecule has 0 aromatic heterocycles. The number of allylic oxidation sites excluding steroid dienone is 4. The van der Waals surface area contributed by atoms with Crippen molar-refractivity contribution in [3.05, 3.63) is 36.1 Å². The summed E-state index contributed by atoms with van der Waals surface area (Å²) in [6.07, 6.45) is 5.84. The molecule has 0 unspecified atom stereocenters. The average Bonchev–Trinajstić information content (AvgIpc) is 2.09. The van der Waals surface area contributed by atoms with Gasteiger partial charge in [0.25, 0.3) is 0 Å². The first-order chi connectivity index (χ1) is 5.70. The summed E-state index contributed by atoms with van der Waals surface area (Å²) in [6.45, 7) is 11.8. The van der Waals surface area contributed by atoms with Gasteiger partial charge in [0.2, 0.25) is 0 Å². The van der Waals surface area contributed by atoms with Gasteiger partial charge in [-0.25, -0.2) is 0 Å². The summed E-state index contributed by atoms with van der Waals surface area (Å²) in [5.41, 5.74) is 2.33. The number of nitrogens with one attached hydrogen (secondary N) is 1. The van der Waals surface area contributed by atoms with Crippen LogP contribution < -0.4 is 5.32 Å². The number of hydrogen-bond donors (Lipinski definition) is 1. The maximum absolute atomic E-state index is 3.65. The van der Waals surface area contributed by atoms with E-state index in [1.807, 2.05) is 33.0 Å². The van der Waals surface area contributed by atoms with Crippen molar-refractivity contribution < 1.29 is 0 Å². The largest absolute Gasteiger partial charge is 0.388 e. The average molecular weight is 167 g/mol. The monoisotopic (exact) mass is 167 g/mol. The lowest BCUT2D eigenvalue weighted by molar-refractivity contribution is 1.03. The molecule has 0 aliphatic carbocycles. The Morgan fingerprint density at radius 2 is 1.67 bits per heavy atom. The lowest BCUT2D eigenvalue weighted by Gasteiger charge is -1.96. The smallest absolute Gasteiger partial charge is 0.0331 e. The van der Waals surface area contributed by atoms with Gasteiger partial charge < -0.3 is 5.32 Å². The van der Waals surface area contributed by atoms with Crippen molar-refractivity contribution in [3.8, 4) is 0 Å². The first-order valence-electron chi connectivity index (χ1n) is 4.36.